The Morgan fingerprint density at radius 1 is 0.947 bits per heavy atom. The van der Waals surface area contributed by atoms with Crippen LogP contribution < -0.4 is 6.15 Å². The summed E-state index contributed by atoms with van der Waals surface area (Å²) in [6.45, 7) is 1.93. The van der Waals surface area contributed by atoms with Crippen LogP contribution in [-0.2, 0) is 0 Å². The minimum atomic E-state index is -1.58. The molecule has 0 aliphatic rings. The molecule has 0 bridgehead atoms. The quantitative estimate of drug-likeness (QED) is 0.542. The molecular weight excluding hydrogens is 258 g/mol. The molecule has 0 atom stereocenters. The molecule has 1 rings (SSSR count). The number of benzene rings is 1. The zero-order valence-electron chi connectivity index (χ0n) is 10.2. The van der Waals surface area contributed by atoms with Gasteiger partial charge in [0.05, 0.1) is 16.7 Å². The molecular formula is C11H15NO7. The molecule has 0 aromatic heterocycles. The maximum absolute atomic E-state index is 10.7. The Balaban J connectivity index is 0. The third-order valence-corrected chi connectivity index (χ3v) is 1.74. The molecule has 0 fully saturated rings. The fraction of sp³-hybridized carbons (Fsp3) is 0.182. The van der Waals surface area contributed by atoms with Gasteiger partial charge >= 0.3 is 17.9 Å². The summed E-state index contributed by atoms with van der Waals surface area (Å²) in [4.78, 5) is 32.0. The van der Waals surface area contributed by atoms with E-state index in [4.69, 9.17) is 20.4 Å². The maximum atomic E-state index is 10.7. The highest BCUT2D eigenvalue weighted by molar-refractivity contribution is 6.08. The Labute approximate surface area is 108 Å². The number of hydrogen-bond acceptors (Lipinski definition) is 5. The predicted octanol–water partition coefficient (Wildman–Crippen LogP) is 0.942. The first-order chi connectivity index (χ1) is 8.36. The summed E-state index contributed by atoms with van der Waals surface area (Å²) >= 11 is 0. The predicted molar refractivity (Wildman–Crippen MR) is 65.1 cm³/mol. The Morgan fingerprint density at radius 2 is 1.26 bits per heavy atom. The van der Waals surface area contributed by atoms with E-state index in [-0.39, 0.29) is 12.8 Å². The summed E-state index contributed by atoms with van der Waals surface area (Å²) < 4.78 is 0. The molecule has 8 heteroatoms. The van der Waals surface area contributed by atoms with Crippen molar-refractivity contribution in [2.45, 2.75) is 6.92 Å². The number of rotatable bonds is 3. The fourth-order valence-electron chi connectivity index (χ4n) is 1.14. The number of hydrogen-bond donors (Lipinski definition) is 5. The van der Waals surface area contributed by atoms with Crippen molar-refractivity contribution >= 4 is 17.9 Å². The van der Waals surface area contributed by atoms with E-state index in [9.17, 15) is 14.4 Å². The number of carboxylic acid groups (broad SMARTS) is 3. The number of carbonyl (C=O) groups is 3. The van der Waals surface area contributed by atoms with Crippen LogP contribution in [0.5, 0.6) is 0 Å². The topological polar surface area (TPSA) is 167 Å². The summed E-state index contributed by atoms with van der Waals surface area (Å²) in [6.07, 6.45) is 0. The molecule has 7 N–H and O–H groups in total. The van der Waals surface area contributed by atoms with Gasteiger partial charge in [-0.2, -0.15) is 0 Å². The molecule has 19 heavy (non-hydrogen) atoms. The van der Waals surface area contributed by atoms with E-state index in [1.54, 1.807) is 6.92 Å². The summed E-state index contributed by atoms with van der Waals surface area (Å²) in [5.74, 6) is -4.53. The van der Waals surface area contributed by atoms with Crippen LogP contribution in [0.3, 0.4) is 0 Å². The summed E-state index contributed by atoms with van der Waals surface area (Å²) in [7, 11) is 0. The molecule has 0 aliphatic carbocycles. The van der Waals surface area contributed by atoms with Crippen LogP contribution >= 0.6 is 0 Å². The minimum absolute atomic E-state index is 0. The van der Waals surface area contributed by atoms with E-state index in [1.165, 1.54) is 6.07 Å². The molecule has 0 heterocycles. The fourth-order valence-corrected chi connectivity index (χ4v) is 1.14. The first-order valence-corrected chi connectivity index (χ1v) is 4.80. The van der Waals surface area contributed by atoms with Gasteiger partial charge in [0.15, 0.2) is 0 Å². The number of aromatic carboxylic acids is 3. The second-order valence-corrected chi connectivity index (χ2v) is 2.96. The van der Waals surface area contributed by atoms with Crippen molar-refractivity contribution in [2.24, 2.45) is 0 Å². The van der Waals surface area contributed by atoms with E-state index >= 15 is 0 Å². The molecule has 0 radical (unpaired) electrons. The highest BCUT2D eigenvalue weighted by atomic mass is 16.4. The van der Waals surface area contributed by atoms with Crippen LogP contribution in [0.1, 0.15) is 38.0 Å². The van der Waals surface area contributed by atoms with Crippen molar-refractivity contribution < 1.29 is 34.8 Å². The molecule has 0 aliphatic heterocycles. The van der Waals surface area contributed by atoms with E-state index in [1.807, 2.05) is 0 Å². The van der Waals surface area contributed by atoms with Crippen molar-refractivity contribution in [1.82, 2.24) is 6.15 Å². The summed E-state index contributed by atoms with van der Waals surface area (Å²) in [5.41, 5.74) is -1.79. The normalized spacial score (nSPS) is 8.53. The lowest BCUT2D eigenvalue weighted by Gasteiger charge is -2.04. The van der Waals surface area contributed by atoms with Crippen molar-refractivity contribution in [3.63, 3.8) is 0 Å². The molecule has 0 saturated heterocycles. The monoisotopic (exact) mass is 273 g/mol. The lowest BCUT2D eigenvalue weighted by Crippen LogP contribution is -2.14. The van der Waals surface area contributed by atoms with Crippen molar-refractivity contribution in [2.75, 3.05) is 6.61 Å². The van der Waals surface area contributed by atoms with Gasteiger partial charge in [-0.05, 0) is 19.1 Å². The standard InChI is InChI=1S/C9H6O6.C2H6O.H3N/c10-7(11)4-2-1-3-5(8(12)13)6(4)9(14)15;1-2-3;/h1-3H,(H,10,11)(H,12,13)(H,14,15);3H,2H2,1H3;1H3. The van der Waals surface area contributed by atoms with Crippen LogP contribution in [0, 0.1) is 0 Å². The maximum Gasteiger partial charge on any atom is 0.337 e. The summed E-state index contributed by atoms with van der Waals surface area (Å²) in [6, 6.07) is 3.26. The third-order valence-electron chi connectivity index (χ3n) is 1.74. The molecule has 0 spiro atoms. The van der Waals surface area contributed by atoms with Gasteiger partial charge in [-0.25, -0.2) is 14.4 Å². The molecule has 1 aromatic rings. The van der Waals surface area contributed by atoms with Gasteiger partial charge in [0.2, 0.25) is 0 Å². The van der Waals surface area contributed by atoms with Gasteiger partial charge in [-0.3, -0.25) is 0 Å². The Morgan fingerprint density at radius 3 is 1.47 bits per heavy atom. The Kier molecular flexibility index (Phi) is 8.57. The van der Waals surface area contributed by atoms with Crippen molar-refractivity contribution in [3.05, 3.63) is 34.9 Å². The van der Waals surface area contributed by atoms with Crippen molar-refractivity contribution in [3.8, 4) is 0 Å². The largest absolute Gasteiger partial charge is 0.478 e. The van der Waals surface area contributed by atoms with Crippen molar-refractivity contribution in [1.29, 1.82) is 0 Å². The zero-order valence-corrected chi connectivity index (χ0v) is 10.2. The summed E-state index contributed by atoms with van der Waals surface area (Å²) in [5, 5.41) is 33.6. The van der Waals surface area contributed by atoms with Gasteiger partial charge in [0.1, 0.15) is 0 Å². The number of aliphatic hydroxyl groups is 1. The Hall–Kier alpha value is -2.45. The molecule has 0 unspecified atom stereocenters. The van der Waals surface area contributed by atoms with E-state index in [0.717, 1.165) is 12.1 Å². The van der Waals surface area contributed by atoms with Gasteiger partial charge < -0.3 is 26.6 Å². The Bertz CT molecular complexity index is 438. The average Bonchev–Trinajstić information content (AvgIpc) is 2.28. The van der Waals surface area contributed by atoms with E-state index < -0.39 is 34.6 Å². The second-order valence-electron chi connectivity index (χ2n) is 2.96. The lowest BCUT2D eigenvalue weighted by atomic mass is 10.0. The zero-order chi connectivity index (χ0) is 14.3. The average molecular weight is 273 g/mol. The number of carboxylic acids is 3. The van der Waals surface area contributed by atoms with Crippen LogP contribution in [0.25, 0.3) is 0 Å². The second kappa shape index (κ2) is 8.61. The van der Waals surface area contributed by atoms with Crippen LogP contribution in [0.4, 0.5) is 0 Å². The first-order valence-electron chi connectivity index (χ1n) is 4.80. The van der Waals surface area contributed by atoms with Gasteiger partial charge in [-0.1, -0.05) is 6.07 Å². The minimum Gasteiger partial charge on any atom is -0.478 e. The SMILES string of the molecule is CCO.N.O=C(O)c1cccc(C(=O)O)c1C(=O)O. The molecule has 8 nitrogen and oxygen atoms in total. The van der Waals surface area contributed by atoms with Crippen LogP contribution in [0.2, 0.25) is 0 Å². The lowest BCUT2D eigenvalue weighted by molar-refractivity contribution is 0.0633. The smallest absolute Gasteiger partial charge is 0.337 e. The van der Waals surface area contributed by atoms with Gasteiger partial charge in [-0.15, -0.1) is 0 Å². The third kappa shape index (κ3) is 5.15. The van der Waals surface area contributed by atoms with Crippen LogP contribution in [0.15, 0.2) is 18.2 Å². The van der Waals surface area contributed by atoms with E-state index in [2.05, 4.69) is 0 Å². The molecule has 106 valence electrons. The van der Waals surface area contributed by atoms with E-state index in [0.29, 0.717) is 0 Å². The number of aliphatic hydroxyl groups excluding tert-OH is 1. The molecule has 0 saturated carbocycles. The highest BCUT2D eigenvalue weighted by Crippen LogP contribution is 2.15. The first kappa shape index (κ1) is 18.9. The van der Waals surface area contributed by atoms with Gasteiger partial charge in [0, 0.05) is 6.61 Å². The van der Waals surface area contributed by atoms with Gasteiger partial charge in [0.25, 0.3) is 0 Å². The molecule has 1 aromatic carbocycles. The highest BCUT2D eigenvalue weighted by Gasteiger charge is 2.22. The van der Waals surface area contributed by atoms with Crippen LogP contribution in [-0.4, -0.2) is 44.9 Å². The molecule has 0 amide bonds.